The second kappa shape index (κ2) is 7.54. The lowest BCUT2D eigenvalue weighted by molar-refractivity contribution is -0.136. The molecular weight excluding hydrogens is 460 g/mol. The zero-order valence-electron chi connectivity index (χ0n) is 17.3. The minimum absolute atomic E-state index is 0.00628. The minimum Gasteiger partial charge on any atom is -0.497 e. The van der Waals surface area contributed by atoms with E-state index in [0.29, 0.717) is 10.9 Å². The molecule has 34 heavy (non-hydrogen) atoms. The number of ether oxygens (including phenoxy) is 1. The lowest BCUT2D eigenvalue weighted by Gasteiger charge is -2.06. The highest BCUT2D eigenvalue weighted by molar-refractivity contribution is 5.98. The first-order valence-corrected chi connectivity index (χ1v) is 9.65. The summed E-state index contributed by atoms with van der Waals surface area (Å²) in [4.78, 5) is 22.9. The fourth-order valence-electron chi connectivity index (χ4n) is 3.68. The number of benzene rings is 1. The molecular formula is C20H14F4N8O2. The van der Waals surface area contributed by atoms with Crippen LogP contribution in [0.25, 0.3) is 27.8 Å². The Kier molecular flexibility index (Phi) is 4.73. The number of halogens is 4. The van der Waals surface area contributed by atoms with Gasteiger partial charge >= 0.3 is 6.18 Å². The van der Waals surface area contributed by atoms with Gasteiger partial charge in [-0.15, -0.1) is 0 Å². The second-order valence-corrected chi connectivity index (χ2v) is 7.26. The van der Waals surface area contributed by atoms with Crippen LogP contribution >= 0.6 is 0 Å². The quantitative estimate of drug-likeness (QED) is 0.383. The predicted molar refractivity (Wildman–Crippen MR) is 112 cm³/mol. The van der Waals surface area contributed by atoms with Gasteiger partial charge in [0.05, 0.1) is 18.1 Å². The fourth-order valence-corrected chi connectivity index (χ4v) is 3.68. The van der Waals surface area contributed by atoms with E-state index in [2.05, 4.69) is 25.1 Å². The number of H-pyrrole nitrogens is 1. The van der Waals surface area contributed by atoms with Gasteiger partial charge in [0.1, 0.15) is 41.5 Å². The van der Waals surface area contributed by atoms with Gasteiger partial charge in [-0.1, -0.05) is 0 Å². The van der Waals surface area contributed by atoms with Crippen LogP contribution in [0, 0.1) is 5.82 Å². The first-order chi connectivity index (χ1) is 16.2. The summed E-state index contributed by atoms with van der Waals surface area (Å²) in [7, 11) is 1.39. The molecule has 0 saturated carbocycles. The van der Waals surface area contributed by atoms with E-state index in [9.17, 15) is 22.4 Å². The van der Waals surface area contributed by atoms with E-state index in [1.807, 2.05) is 0 Å². The molecule has 0 fully saturated rings. The molecule has 0 aliphatic rings. The largest absolute Gasteiger partial charge is 0.497 e. The maximum absolute atomic E-state index is 14.1. The molecule has 10 nitrogen and oxygen atoms in total. The van der Waals surface area contributed by atoms with Crippen LogP contribution in [0.15, 0.2) is 41.6 Å². The smallest absolute Gasteiger partial charge is 0.418 e. The first kappa shape index (κ1) is 21.4. The summed E-state index contributed by atoms with van der Waals surface area (Å²) >= 11 is 0. The summed E-state index contributed by atoms with van der Waals surface area (Å²) in [5, 5.41) is 8.83. The molecule has 4 aromatic heterocycles. The number of hydrogen-bond donors (Lipinski definition) is 2. The van der Waals surface area contributed by atoms with E-state index in [1.54, 1.807) is 6.07 Å². The zero-order chi connectivity index (χ0) is 24.2. The summed E-state index contributed by atoms with van der Waals surface area (Å²) < 4.78 is 60.9. The molecule has 4 heterocycles. The summed E-state index contributed by atoms with van der Waals surface area (Å²) in [6.45, 7) is -0.176. The molecule has 0 bridgehead atoms. The maximum Gasteiger partial charge on any atom is 0.418 e. The highest BCUT2D eigenvalue weighted by Crippen LogP contribution is 2.33. The topological polar surface area (TPSA) is 129 Å². The molecule has 5 rings (SSSR count). The number of aromatic nitrogens is 7. The van der Waals surface area contributed by atoms with Crippen molar-refractivity contribution in [2.75, 3.05) is 12.8 Å². The van der Waals surface area contributed by atoms with Crippen molar-refractivity contribution in [2.45, 2.75) is 12.7 Å². The number of nitrogens with two attached hydrogens (primary N) is 1. The van der Waals surface area contributed by atoms with Crippen LogP contribution in [0.3, 0.4) is 0 Å². The third-order valence-corrected chi connectivity index (χ3v) is 5.11. The summed E-state index contributed by atoms with van der Waals surface area (Å²) in [6.07, 6.45) is -2.46. The van der Waals surface area contributed by atoms with E-state index < -0.39 is 28.6 Å². The van der Waals surface area contributed by atoms with Crippen LogP contribution in [-0.4, -0.2) is 41.5 Å². The number of nitrogens with one attached hydrogen (secondary N) is 1. The summed E-state index contributed by atoms with van der Waals surface area (Å²) in [5.74, 6) is -0.243. The number of hydrogen-bond acceptors (Lipinski definition) is 7. The molecule has 5 aromatic rings. The number of alkyl halides is 3. The number of nitrogen functional groups attached to an aromatic ring is 1. The molecule has 0 amide bonds. The van der Waals surface area contributed by atoms with Crippen LogP contribution in [-0.2, 0) is 12.7 Å². The number of nitrogens with zero attached hydrogens (tertiary/aromatic N) is 6. The molecule has 0 spiro atoms. The highest BCUT2D eigenvalue weighted by Gasteiger charge is 2.35. The number of rotatable bonds is 4. The van der Waals surface area contributed by atoms with Gasteiger partial charge in [-0.3, -0.25) is 4.79 Å². The number of methoxy groups -OCH3 is 1. The Balaban J connectivity index is 1.65. The third kappa shape index (κ3) is 3.48. The van der Waals surface area contributed by atoms with Crippen LogP contribution in [0.1, 0.15) is 11.4 Å². The Labute approximate surface area is 186 Å². The van der Waals surface area contributed by atoms with Crippen molar-refractivity contribution in [1.82, 2.24) is 34.3 Å². The summed E-state index contributed by atoms with van der Waals surface area (Å²) in [6, 6.07) is 4.74. The zero-order valence-corrected chi connectivity index (χ0v) is 17.3. The third-order valence-electron chi connectivity index (χ3n) is 5.11. The number of anilines is 1. The average molecular weight is 474 g/mol. The standard InChI is InChI=1S/C20H14F4N8O2/c1-34-11-5-9(4-10(21)6-11)15-14-17(25)26-8-27-18(14)32(30-15)7-13-28-19(33)16-12(20(22,23)24)2-3-31(16)29-13/h2-6,8H,7H2,1H3,(H2,25,26,27)(H,28,29,33). The highest BCUT2D eigenvalue weighted by atomic mass is 19.4. The van der Waals surface area contributed by atoms with Crippen molar-refractivity contribution in [2.24, 2.45) is 0 Å². The van der Waals surface area contributed by atoms with Crippen molar-refractivity contribution in [1.29, 1.82) is 0 Å². The van der Waals surface area contributed by atoms with Gasteiger partial charge in [-0.2, -0.15) is 23.4 Å². The Hall–Kier alpha value is -4.49. The molecule has 0 radical (unpaired) electrons. The lowest BCUT2D eigenvalue weighted by Crippen LogP contribution is -2.20. The first-order valence-electron chi connectivity index (χ1n) is 9.65. The van der Waals surface area contributed by atoms with Gasteiger partial charge in [0.2, 0.25) is 0 Å². The second-order valence-electron chi connectivity index (χ2n) is 7.26. The molecule has 0 aliphatic carbocycles. The van der Waals surface area contributed by atoms with Crippen LogP contribution in [0.4, 0.5) is 23.4 Å². The van der Waals surface area contributed by atoms with Crippen LogP contribution in [0.2, 0.25) is 0 Å². The van der Waals surface area contributed by atoms with E-state index in [0.717, 1.165) is 16.8 Å². The molecule has 0 atom stereocenters. The number of fused-ring (bicyclic) bond motifs is 2. The lowest BCUT2D eigenvalue weighted by atomic mass is 10.1. The van der Waals surface area contributed by atoms with Gasteiger partial charge < -0.3 is 15.5 Å². The van der Waals surface area contributed by atoms with Crippen molar-refractivity contribution in [3.63, 3.8) is 0 Å². The van der Waals surface area contributed by atoms with E-state index in [-0.39, 0.29) is 35.3 Å². The van der Waals surface area contributed by atoms with Gasteiger partial charge in [0, 0.05) is 17.8 Å². The minimum atomic E-state index is -4.71. The molecule has 14 heteroatoms. The SMILES string of the molecule is COc1cc(F)cc(-c2nn(Cc3nn4ccc(C(F)(F)F)c4c(=O)[nH]3)c3ncnc(N)c23)c1. The van der Waals surface area contributed by atoms with Gasteiger partial charge in [-0.25, -0.2) is 23.6 Å². The van der Waals surface area contributed by atoms with Gasteiger partial charge in [-0.05, 0) is 18.2 Å². The predicted octanol–water partition coefficient (Wildman–Crippen LogP) is 2.63. The van der Waals surface area contributed by atoms with E-state index in [1.165, 1.54) is 30.3 Å². The Morgan fingerprint density at radius 2 is 1.97 bits per heavy atom. The molecule has 174 valence electrons. The Morgan fingerprint density at radius 1 is 1.18 bits per heavy atom. The van der Waals surface area contributed by atoms with Crippen molar-refractivity contribution in [3.8, 4) is 17.0 Å². The van der Waals surface area contributed by atoms with Gasteiger partial charge in [0.25, 0.3) is 5.56 Å². The molecule has 0 aliphatic heterocycles. The van der Waals surface area contributed by atoms with Gasteiger partial charge in [0.15, 0.2) is 11.5 Å². The van der Waals surface area contributed by atoms with E-state index >= 15 is 0 Å². The van der Waals surface area contributed by atoms with Crippen LogP contribution < -0.4 is 16.0 Å². The number of aromatic amines is 1. The maximum atomic E-state index is 14.1. The fraction of sp³-hybridized carbons (Fsp3) is 0.150. The molecule has 1 aromatic carbocycles. The van der Waals surface area contributed by atoms with E-state index in [4.69, 9.17) is 10.5 Å². The van der Waals surface area contributed by atoms with Crippen molar-refractivity contribution < 1.29 is 22.3 Å². The summed E-state index contributed by atoms with van der Waals surface area (Å²) in [5.41, 5.74) is 4.17. The Bertz CT molecular complexity index is 1620. The molecule has 0 saturated heterocycles. The van der Waals surface area contributed by atoms with Crippen molar-refractivity contribution >= 4 is 22.4 Å². The molecule has 3 N–H and O–H groups in total. The van der Waals surface area contributed by atoms with Crippen molar-refractivity contribution in [3.05, 3.63) is 64.3 Å². The van der Waals surface area contributed by atoms with Crippen LogP contribution in [0.5, 0.6) is 5.75 Å². The molecule has 0 unspecified atom stereocenters. The Morgan fingerprint density at radius 3 is 2.71 bits per heavy atom. The monoisotopic (exact) mass is 474 g/mol. The normalized spacial score (nSPS) is 12.0. The average Bonchev–Trinajstić information content (AvgIpc) is 3.36.